The van der Waals surface area contributed by atoms with Gasteiger partial charge in [-0.3, -0.25) is 4.90 Å². The van der Waals surface area contributed by atoms with Crippen molar-refractivity contribution in [3.05, 3.63) is 58.2 Å². The second kappa shape index (κ2) is 9.62. The molecule has 1 heterocycles. The van der Waals surface area contributed by atoms with Crippen molar-refractivity contribution in [3.63, 3.8) is 0 Å². The largest absolute Gasteiger partial charge is 0.463 e. The molecule has 0 radical (unpaired) electrons. The van der Waals surface area contributed by atoms with Crippen molar-refractivity contribution >= 4 is 5.97 Å². The third kappa shape index (κ3) is 4.80. The fourth-order valence-corrected chi connectivity index (χ4v) is 3.78. The van der Waals surface area contributed by atoms with Gasteiger partial charge < -0.3 is 15.2 Å². The lowest BCUT2D eigenvalue weighted by atomic mass is 9.80. The molecule has 0 aliphatic carbocycles. The predicted molar refractivity (Wildman–Crippen MR) is 112 cm³/mol. The minimum atomic E-state index is -0.620. The van der Waals surface area contributed by atoms with E-state index in [4.69, 9.17) is 15.2 Å². The van der Waals surface area contributed by atoms with Gasteiger partial charge in [0.2, 0.25) is 5.88 Å². The van der Waals surface area contributed by atoms with Gasteiger partial charge in [0.25, 0.3) is 0 Å². The highest BCUT2D eigenvalue weighted by molar-refractivity contribution is 5.92. The summed E-state index contributed by atoms with van der Waals surface area (Å²) in [7, 11) is 0. The highest BCUT2D eigenvalue weighted by Crippen LogP contribution is 2.41. The summed E-state index contributed by atoms with van der Waals surface area (Å²) in [5.41, 5.74) is 8.49. The van der Waals surface area contributed by atoms with Crippen molar-refractivity contribution in [2.24, 2.45) is 5.73 Å². The van der Waals surface area contributed by atoms with Crippen LogP contribution in [0.5, 0.6) is 0 Å². The Balaban J connectivity index is 2.64. The van der Waals surface area contributed by atoms with E-state index in [9.17, 15) is 10.1 Å². The van der Waals surface area contributed by atoms with Gasteiger partial charge in [0, 0.05) is 18.6 Å². The van der Waals surface area contributed by atoms with Crippen molar-refractivity contribution in [1.82, 2.24) is 4.90 Å². The van der Waals surface area contributed by atoms with E-state index in [2.05, 4.69) is 38.7 Å². The Morgan fingerprint density at radius 2 is 1.90 bits per heavy atom. The first kappa shape index (κ1) is 22.5. The maximum atomic E-state index is 12.8. The molecule has 1 aliphatic heterocycles. The molecule has 0 spiro atoms. The number of carbonyl (C=O) groups excluding carboxylic acids is 1. The smallest absolute Gasteiger partial charge is 0.338 e. The fraction of sp³-hybridized carbons (Fsp3) is 0.478. The van der Waals surface area contributed by atoms with Crippen LogP contribution in [0.1, 0.15) is 58.6 Å². The number of hydrogen-bond acceptors (Lipinski definition) is 6. The van der Waals surface area contributed by atoms with Crippen LogP contribution in [0.15, 0.2) is 47.1 Å². The molecule has 2 rings (SSSR count). The van der Waals surface area contributed by atoms with Gasteiger partial charge in [-0.25, -0.2) is 4.79 Å². The molecule has 6 nitrogen and oxygen atoms in total. The summed E-state index contributed by atoms with van der Waals surface area (Å²) >= 11 is 0. The van der Waals surface area contributed by atoms with Crippen LogP contribution in [0.2, 0.25) is 0 Å². The molecule has 0 fully saturated rings. The van der Waals surface area contributed by atoms with Crippen LogP contribution in [-0.4, -0.2) is 29.6 Å². The zero-order chi connectivity index (χ0) is 21.7. The number of rotatable bonds is 7. The number of nitrogens with zero attached hydrogens (tertiary/aromatic N) is 2. The Morgan fingerprint density at radius 3 is 2.45 bits per heavy atom. The molecule has 0 saturated carbocycles. The molecule has 6 heteroatoms. The molecular weight excluding hydrogens is 366 g/mol. The molecule has 156 valence electrons. The third-order valence-corrected chi connectivity index (χ3v) is 5.15. The van der Waals surface area contributed by atoms with Crippen molar-refractivity contribution in [2.45, 2.75) is 66.1 Å². The van der Waals surface area contributed by atoms with Gasteiger partial charge in [-0.15, -0.1) is 0 Å². The Morgan fingerprint density at radius 1 is 1.28 bits per heavy atom. The molecule has 0 aromatic heterocycles. The Kier molecular flexibility index (Phi) is 7.46. The van der Waals surface area contributed by atoms with E-state index < -0.39 is 11.9 Å². The summed E-state index contributed by atoms with van der Waals surface area (Å²) in [6, 6.07) is 10.7. The lowest BCUT2D eigenvalue weighted by Crippen LogP contribution is -2.37. The van der Waals surface area contributed by atoms with Crippen molar-refractivity contribution < 1.29 is 14.3 Å². The number of benzene rings is 1. The van der Waals surface area contributed by atoms with Crippen LogP contribution in [0.3, 0.4) is 0 Å². The molecule has 1 unspecified atom stereocenters. The average Bonchev–Trinajstić information content (AvgIpc) is 2.65. The van der Waals surface area contributed by atoms with E-state index in [1.54, 1.807) is 13.8 Å². The number of nitrogens with two attached hydrogens (primary N) is 1. The van der Waals surface area contributed by atoms with E-state index in [1.165, 1.54) is 0 Å². The van der Waals surface area contributed by atoms with E-state index in [1.807, 2.05) is 24.3 Å². The van der Waals surface area contributed by atoms with Gasteiger partial charge in [-0.1, -0.05) is 24.3 Å². The van der Waals surface area contributed by atoms with Gasteiger partial charge in [0.1, 0.15) is 17.4 Å². The van der Waals surface area contributed by atoms with Crippen molar-refractivity contribution in [1.29, 1.82) is 5.26 Å². The third-order valence-electron chi connectivity index (χ3n) is 5.15. The summed E-state index contributed by atoms with van der Waals surface area (Å²) in [5, 5.41) is 9.81. The number of ether oxygens (including phenoxy) is 2. The predicted octanol–water partition coefficient (Wildman–Crippen LogP) is 3.95. The van der Waals surface area contributed by atoms with Crippen LogP contribution >= 0.6 is 0 Å². The maximum Gasteiger partial charge on any atom is 0.338 e. The first-order valence-corrected chi connectivity index (χ1v) is 10.0. The first-order chi connectivity index (χ1) is 13.7. The van der Waals surface area contributed by atoms with Crippen molar-refractivity contribution in [3.8, 4) is 6.07 Å². The van der Waals surface area contributed by atoms with Crippen LogP contribution in [0.4, 0.5) is 0 Å². The lowest BCUT2D eigenvalue weighted by Gasteiger charge is -2.33. The molecule has 0 saturated heterocycles. The second-order valence-corrected chi connectivity index (χ2v) is 7.67. The molecule has 29 heavy (non-hydrogen) atoms. The van der Waals surface area contributed by atoms with Crippen LogP contribution in [0, 0.1) is 11.3 Å². The molecule has 1 atom stereocenters. The molecule has 1 aliphatic rings. The highest BCUT2D eigenvalue weighted by Gasteiger charge is 2.37. The topological polar surface area (TPSA) is 88.6 Å². The van der Waals surface area contributed by atoms with E-state index in [0.29, 0.717) is 30.0 Å². The van der Waals surface area contributed by atoms with Crippen LogP contribution in [-0.2, 0) is 20.8 Å². The molecule has 0 bridgehead atoms. The standard InChI is InChI=1S/C23H31N3O3/c1-7-28-23(27)20-16(6)29-22(25)19(12-24)21(20)18-11-9-8-10-17(18)13-26(14(2)3)15(4)5/h8-11,14-15,21H,7,13,25H2,1-6H3. The van der Waals surface area contributed by atoms with Gasteiger partial charge >= 0.3 is 5.97 Å². The summed E-state index contributed by atoms with van der Waals surface area (Å²) in [6.45, 7) is 13.0. The average molecular weight is 398 g/mol. The minimum Gasteiger partial charge on any atom is -0.463 e. The Hall–Kier alpha value is -2.78. The van der Waals surface area contributed by atoms with Crippen molar-refractivity contribution in [2.75, 3.05) is 6.61 Å². The molecular formula is C23H31N3O3. The first-order valence-electron chi connectivity index (χ1n) is 10.0. The monoisotopic (exact) mass is 397 g/mol. The maximum absolute atomic E-state index is 12.8. The fourth-order valence-electron chi connectivity index (χ4n) is 3.78. The van der Waals surface area contributed by atoms with Crippen LogP contribution < -0.4 is 5.73 Å². The molecule has 1 aromatic carbocycles. The molecule has 0 amide bonds. The summed E-state index contributed by atoms with van der Waals surface area (Å²) in [6.07, 6.45) is 0. The quantitative estimate of drug-likeness (QED) is 0.701. The minimum absolute atomic E-state index is 0.0300. The SMILES string of the molecule is CCOC(=O)C1=C(C)OC(N)=C(C#N)C1c1ccccc1CN(C(C)C)C(C)C. The van der Waals surface area contributed by atoms with Crippen LogP contribution in [0.25, 0.3) is 0 Å². The number of hydrogen-bond donors (Lipinski definition) is 1. The zero-order valence-electron chi connectivity index (χ0n) is 18.2. The van der Waals surface area contributed by atoms with E-state index in [-0.39, 0.29) is 18.1 Å². The van der Waals surface area contributed by atoms with E-state index >= 15 is 0 Å². The summed E-state index contributed by atoms with van der Waals surface area (Å²) in [4.78, 5) is 15.1. The zero-order valence-corrected chi connectivity index (χ0v) is 18.2. The van der Waals surface area contributed by atoms with E-state index in [0.717, 1.165) is 11.1 Å². The summed E-state index contributed by atoms with van der Waals surface area (Å²) < 4.78 is 10.8. The van der Waals surface area contributed by atoms with Gasteiger partial charge in [0.15, 0.2) is 0 Å². The number of esters is 1. The number of allylic oxidation sites excluding steroid dienone is 2. The Bertz CT molecular complexity index is 854. The lowest BCUT2D eigenvalue weighted by molar-refractivity contribution is -0.139. The van der Waals surface area contributed by atoms with Gasteiger partial charge in [-0.2, -0.15) is 5.26 Å². The number of nitriles is 1. The van der Waals surface area contributed by atoms with Gasteiger partial charge in [0.05, 0.1) is 18.1 Å². The number of carbonyl (C=O) groups is 1. The highest BCUT2D eigenvalue weighted by atomic mass is 16.5. The van der Waals surface area contributed by atoms with Gasteiger partial charge in [-0.05, 0) is 52.7 Å². The molecule has 2 N–H and O–H groups in total. The Labute approximate surface area is 173 Å². The summed E-state index contributed by atoms with van der Waals surface area (Å²) in [5.74, 6) is -0.716. The molecule has 1 aromatic rings. The second-order valence-electron chi connectivity index (χ2n) is 7.67. The normalized spacial score (nSPS) is 17.0.